The maximum Gasteiger partial charge on any atom is 0.220 e. The van der Waals surface area contributed by atoms with Gasteiger partial charge in [-0.1, -0.05) is 19.1 Å². The van der Waals surface area contributed by atoms with Crippen LogP contribution in [0.3, 0.4) is 0 Å². The van der Waals surface area contributed by atoms with E-state index in [9.17, 15) is 4.79 Å². The lowest BCUT2D eigenvalue weighted by Crippen LogP contribution is -2.36. The quantitative estimate of drug-likeness (QED) is 0.908. The fourth-order valence-electron chi connectivity index (χ4n) is 2.78. The molecule has 1 heterocycles. The van der Waals surface area contributed by atoms with E-state index in [1.54, 1.807) is 7.05 Å². The average Bonchev–Trinajstić information content (AvgIpc) is 2.37. The van der Waals surface area contributed by atoms with Gasteiger partial charge in [-0.2, -0.15) is 0 Å². The topological polar surface area (TPSA) is 38.3 Å². The zero-order valence-corrected chi connectivity index (χ0v) is 12.2. The molecule has 1 unspecified atom stereocenters. The van der Waals surface area contributed by atoms with E-state index in [1.165, 1.54) is 11.1 Å². The first-order valence-corrected chi connectivity index (χ1v) is 6.97. The average molecular weight is 261 g/mol. The molecule has 1 aromatic rings. The number of carbonyl (C=O) groups is 1. The van der Waals surface area contributed by atoms with Crippen LogP contribution in [0.2, 0.25) is 0 Å². The van der Waals surface area contributed by atoms with Gasteiger partial charge in [0.05, 0.1) is 0 Å². The molecule has 0 aromatic heterocycles. The fraction of sp³-hybridized carbons (Fsp3) is 0.562. The highest BCUT2D eigenvalue weighted by molar-refractivity contribution is 5.76. The number of fused-ring (bicyclic) bond motifs is 1. The van der Waals surface area contributed by atoms with Gasteiger partial charge in [0, 0.05) is 19.4 Å². The summed E-state index contributed by atoms with van der Waals surface area (Å²) in [4.78, 5) is 11.7. The first kappa shape index (κ1) is 13.9. The number of aryl methyl sites for hydroxylation is 1. The standard InChI is InChI=1S/C16H23NO2/c1-5-11-6-7-14-13(8-11)12(9-15(18)17-4)10-16(2,3)19-14/h6-8,12H,5,9-10H2,1-4H3,(H,17,18). The first-order valence-electron chi connectivity index (χ1n) is 6.97. The molecule has 3 nitrogen and oxygen atoms in total. The zero-order chi connectivity index (χ0) is 14.0. The van der Waals surface area contributed by atoms with Crippen molar-refractivity contribution in [1.29, 1.82) is 0 Å². The summed E-state index contributed by atoms with van der Waals surface area (Å²) in [5, 5.41) is 2.72. The predicted octanol–water partition coefficient (Wildman–Crippen LogP) is 3.03. The highest BCUT2D eigenvalue weighted by Crippen LogP contribution is 2.42. The van der Waals surface area contributed by atoms with Gasteiger partial charge in [-0.3, -0.25) is 4.79 Å². The van der Waals surface area contributed by atoms with Gasteiger partial charge in [0.25, 0.3) is 0 Å². The third kappa shape index (κ3) is 3.09. The minimum absolute atomic E-state index is 0.0931. The third-order valence-electron chi connectivity index (χ3n) is 3.76. The second-order valence-electron chi connectivity index (χ2n) is 5.87. The Morgan fingerprint density at radius 3 is 2.84 bits per heavy atom. The molecule has 104 valence electrons. The second-order valence-corrected chi connectivity index (χ2v) is 5.87. The lowest BCUT2D eigenvalue weighted by atomic mass is 9.81. The fourth-order valence-corrected chi connectivity index (χ4v) is 2.78. The van der Waals surface area contributed by atoms with Crippen LogP contribution in [0.1, 0.15) is 50.7 Å². The van der Waals surface area contributed by atoms with Crippen molar-refractivity contribution in [2.45, 2.75) is 51.6 Å². The largest absolute Gasteiger partial charge is 0.488 e. The number of rotatable bonds is 3. The summed E-state index contributed by atoms with van der Waals surface area (Å²) in [5.41, 5.74) is 2.27. The van der Waals surface area contributed by atoms with Gasteiger partial charge in [0.1, 0.15) is 11.4 Å². The molecule has 0 aliphatic carbocycles. The van der Waals surface area contributed by atoms with Crippen LogP contribution in [0.5, 0.6) is 5.75 Å². The number of nitrogens with one attached hydrogen (secondary N) is 1. The van der Waals surface area contributed by atoms with Crippen LogP contribution >= 0.6 is 0 Å². The van der Waals surface area contributed by atoms with Gasteiger partial charge < -0.3 is 10.1 Å². The Bertz CT molecular complexity index is 480. The lowest BCUT2D eigenvalue weighted by Gasteiger charge is -2.37. The molecule has 0 saturated carbocycles. The predicted molar refractivity (Wildman–Crippen MR) is 76.6 cm³/mol. The molecule has 1 atom stereocenters. The SMILES string of the molecule is CCc1ccc2c(c1)C(CC(=O)NC)CC(C)(C)O2. The molecular formula is C16H23NO2. The van der Waals surface area contributed by atoms with Crippen molar-refractivity contribution in [3.05, 3.63) is 29.3 Å². The monoisotopic (exact) mass is 261 g/mol. The summed E-state index contributed by atoms with van der Waals surface area (Å²) >= 11 is 0. The molecule has 0 radical (unpaired) electrons. The van der Waals surface area contributed by atoms with E-state index in [1.807, 2.05) is 6.07 Å². The number of hydrogen-bond donors (Lipinski definition) is 1. The number of carbonyl (C=O) groups excluding carboxylic acids is 1. The highest BCUT2D eigenvalue weighted by atomic mass is 16.5. The first-order chi connectivity index (χ1) is 8.95. The summed E-state index contributed by atoms with van der Waals surface area (Å²) < 4.78 is 6.03. The van der Waals surface area contributed by atoms with Crippen LogP contribution < -0.4 is 10.1 Å². The minimum Gasteiger partial charge on any atom is -0.488 e. The van der Waals surface area contributed by atoms with Gasteiger partial charge in [-0.05, 0) is 43.9 Å². The Morgan fingerprint density at radius 2 is 2.21 bits per heavy atom. The van der Waals surface area contributed by atoms with Crippen LogP contribution in [0.15, 0.2) is 18.2 Å². The maximum absolute atomic E-state index is 11.7. The number of amides is 1. The van der Waals surface area contributed by atoms with Crippen molar-refractivity contribution in [1.82, 2.24) is 5.32 Å². The Labute approximate surface area is 115 Å². The van der Waals surface area contributed by atoms with Crippen LogP contribution in [-0.4, -0.2) is 18.6 Å². The molecule has 0 saturated heterocycles. The van der Waals surface area contributed by atoms with Gasteiger partial charge in [-0.15, -0.1) is 0 Å². The molecule has 1 aliphatic heterocycles. The molecule has 1 N–H and O–H groups in total. The van der Waals surface area contributed by atoms with Crippen molar-refractivity contribution < 1.29 is 9.53 Å². The Hall–Kier alpha value is -1.51. The van der Waals surface area contributed by atoms with E-state index in [0.29, 0.717) is 6.42 Å². The number of ether oxygens (including phenoxy) is 1. The van der Waals surface area contributed by atoms with Gasteiger partial charge in [0.2, 0.25) is 5.91 Å². The molecule has 3 heteroatoms. The van der Waals surface area contributed by atoms with Crippen molar-refractivity contribution >= 4 is 5.91 Å². The zero-order valence-electron chi connectivity index (χ0n) is 12.2. The smallest absolute Gasteiger partial charge is 0.220 e. The normalized spacial score (nSPS) is 20.3. The molecule has 0 spiro atoms. The summed E-state index contributed by atoms with van der Waals surface area (Å²) in [6.45, 7) is 6.31. The van der Waals surface area contributed by atoms with E-state index in [4.69, 9.17) is 4.74 Å². The van der Waals surface area contributed by atoms with Crippen molar-refractivity contribution in [2.24, 2.45) is 0 Å². The molecular weight excluding hydrogens is 238 g/mol. The third-order valence-corrected chi connectivity index (χ3v) is 3.76. The van der Waals surface area contributed by atoms with Crippen LogP contribution in [0, 0.1) is 0 Å². The van der Waals surface area contributed by atoms with E-state index in [2.05, 4.69) is 38.2 Å². The summed E-state index contributed by atoms with van der Waals surface area (Å²) in [6.07, 6.45) is 2.41. The highest BCUT2D eigenvalue weighted by Gasteiger charge is 2.34. The molecule has 1 amide bonds. The van der Waals surface area contributed by atoms with Crippen LogP contribution in [0.4, 0.5) is 0 Å². The van der Waals surface area contributed by atoms with E-state index >= 15 is 0 Å². The van der Waals surface area contributed by atoms with Gasteiger partial charge >= 0.3 is 0 Å². The number of hydrogen-bond acceptors (Lipinski definition) is 2. The van der Waals surface area contributed by atoms with Gasteiger partial charge in [0.15, 0.2) is 0 Å². The maximum atomic E-state index is 11.7. The van der Waals surface area contributed by atoms with Crippen molar-refractivity contribution in [3.63, 3.8) is 0 Å². The Morgan fingerprint density at radius 1 is 1.47 bits per heavy atom. The number of benzene rings is 1. The van der Waals surface area contributed by atoms with Crippen LogP contribution in [0.25, 0.3) is 0 Å². The van der Waals surface area contributed by atoms with Gasteiger partial charge in [-0.25, -0.2) is 0 Å². The summed E-state index contributed by atoms with van der Waals surface area (Å²) in [5.74, 6) is 1.27. The molecule has 1 aromatic carbocycles. The molecule has 0 bridgehead atoms. The Kier molecular flexibility index (Phi) is 3.83. The summed E-state index contributed by atoms with van der Waals surface area (Å²) in [6, 6.07) is 6.35. The molecule has 0 fully saturated rings. The van der Waals surface area contributed by atoms with E-state index < -0.39 is 0 Å². The second kappa shape index (κ2) is 5.24. The Balaban J connectivity index is 2.36. The van der Waals surface area contributed by atoms with Crippen molar-refractivity contribution in [2.75, 3.05) is 7.05 Å². The minimum atomic E-state index is -0.209. The molecule has 19 heavy (non-hydrogen) atoms. The lowest BCUT2D eigenvalue weighted by molar-refractivity contribution is -0.121. The molecule has 2 rings (SSSR count). The van der Waals surface area contributed by atoms with Crippen molar-refractivity contribution in [3.8, 4) is 5.75 Å². The van der Waals surface area contributed by atoms with E-state index in [0.717, 1.165) is 18.6 Å². The summed E-state index contributed by atoms with van der Waals surface area (Å²) in [7, 11) is 1.69. The van der Waals surface area contributed by atoms with Crippen LogP contribution in [-0.2, 0) is 11.2 Å². The molecule has 1 aliphatic rings. The van der Waals surface area contributed by atoms with E-state index in [-0.39, 0.29) is 17.4 Å².